The van der Waals surface area contributed by atoms with E-state index in [-0.39, 0.29) is 25.9 Å². The molecule has 1 aliphatic heterocycles. The predicted octanol–water partition coefficient (Wildman–Crippen LogP) is -1.23. The molecule has 0 bridgehead atoms. The number of epoxide rings is 1. The Morgan fingerprint density at radius 3 is 1.60 bits per heavy atom. The minimum absolute atomic E-state index is 0. The van der Waals surface area contributed by atoms with Gasteiger partial charge < -0.3 is 17.8 Å². The maximum absolute atomic E-state index is 9.89. The maximum atomic E-state index is 9.89. The SMILES string of the molecule is O=C(O)C1OC1C(=O)O.[H-].[H-].[Mg+2]. The number of carboxylic acids is 2. The van der Waals surface area contributed by atoms with Crippen molar-refractivity contribution in [1.29, 1.82) is 0 Å². The van der Waals surface area contributed by atoms with Gasteiger partial charge in [-0.1, -0.05) is 0 Å². The van der Waals surface area contributed by atoms with Crippen molar-refractivity contribution in [3.05, 3.63) is 0 Å². The number of hydrogen-bond donors (Lipinski definition) is 2. The summed E-state index contributed by atoms with van der Waals surface area (Å²) in [6.07, 6.45) is -2.25. The summed E-state index contributed by atoms with van der Waals surface area (Å²) in [5.74, 6) is -2.44. The van der Waals surface area contributed by atoms with Gasteiger partial charge in [0.25, 0.3) is 0 Å². The quantitative estimate of drug-likeness (QED) is 0.388. The van der Waals surface area contributed by atoms with Crippen molar-refractivity contribution in [3.8, 4) is 0 Å². The normalized spacial score (nSPS) is 28.4. The summed E-state index contributed by atoms with van der Waals surface area (Å²) in [5.41, 5.74) is 0. The van der Waals surface area contributed by atoms with Crippen LogP contribution >= 0.6 is 0 Å². The second-order valence-electron chi connectivity index (χ2n) is 1.65. The predicted molar refractivity (Wildman–Crippen MR) is 31.9 cm³/mol. The minimum atomic E-state index is -1.22. The molecule has 1 saturated heterocycles. The summed E-state index contributed by atoms with van der Waals surface area (Å²) in [6.45, 7) is 0. The molecule has 0 spiro atoms. The van der Waals surface area contributed by atoms with Gasteiger partial charge in [-0.05, 0) is 0 Å². The molecule has 0 aromatic rings. The molecule has 2 atom stereocenters. The summed E-state index contributed by atoms with van der Waals surface area (Å²) in [4.78, 5) is 19.8. The van der Waals surface area contributed by atoms with Gasteiger partial charge in [-0.15, -0.1) is 0 Å². The van der Waals surface area contributed by atoms with E-state index in [2.05, 4.69) is 4.74 Å². The van der Waals surface area contributed by atoms with Gasteiger partial charge in [-0.2, -0.15) is 0 Å². The molecule has 0 radical (unpaired) electrons. The molecule has 0 amide bonds. The van der Waals surface area contributed by atoms with Crippen LogP contribution in [0.3, 0.4) is 0 Å². The Hall–Kier alpha value is -0.334. The van der Waals surface area contributed by atoms with Crippen molar-refractivity contribution in [2.75, 3.05) is 0 Å². The fraction of sp³-hybridized carbons (Fsp3) is 0.500. The minimum Gasteiger partial charge on any atom is -1.00 e. The van der Waals surface area contributed by atoms with E-state index in [9.17, 15) is 9.59 Å². The van der Waals surface area contributed by atoms with Gasteiger partial charge in [0.05, 0.1) is 0 Å². The molecule has 0 saturated carbocycles. The van der Waals surface area contributed by atoms with Gasteiger partial charge in [0.2, 0.25) is 0 Å². The van der Waals surface area contributed by atoms with Crippen molar-refractivity contribution in [2.24, 2.45) is 0 Å². The molecule has 10 heavy (non-hydrogen) atoms. The molecule has 54 valence electrons. The number of carboxylic acid groups (broad SMARTS) is 2. The fourth-order valence-electron chi connectivity index (χ4n) is 0.488. The van der Waals surface area contributed by atoms with Crippen LogP contribution in [0.25, 0.3) is 0 Å². The third kappa shape index (κ3) is 1.82. The third-order valence-electron chi connectivity index (χ3n) is 0.978. The molecule has 0 aromatic carbocycles. The molecule has 1 rings (SSSR count). The average molecular weight is 158 g/mol. The summed E-state index contributed by atoms with van der Waals surface area (Å²) in [5, 5.41) is 16.2. The van der Waals surface area contributed by atoms with Crippen LogP contribution in [0.4, 0.5) is 0 Å². The van der Waals surface area contributed by atoms with Gasteiger partial charge in [0, 0.05) is 0 Å². The first-order chi connectivity index (χ1) is 4.13. The molecule has 5 nitrogen and oxygen atoms in total. The number of carbonyl (C=O) groups is 2. The van der Waals surface area contributed by atoms with Crippen LogP contribution in [-0.2, 0) is 14.3 Å². The van der Waals surface area contributed by atoms with E-state index in [1.54, 1.807) is 0 Å². The number of ether oxygens (including phenoxy) is 1. The zero-order valence-corrected chi connectivity index (χ0v) is 6.40. The average Bonchev–Trinajstić information content (AvgIpc) is 2.39. The monoisotopic (exact) mass is 158 g/mol. The Morgan fingerprint density at radius 1 is 1.20 bits per heavy atom. The Morgan fingerprint density at radius 2 is 1.50 bits per heavy atom. The van der Waals surface area contributed by atoms with Crippen molar-refractivity contribution < 1.29 is 27.4 Å². The second-order valence-corrected chi connectivity index (χ2v) is 1.65. The van der Waals surface area contributed by atoms with E-state index < -0.39 is 24.1 Å². The van der Waals surface area contributed by atoms with Crippen LogP contribution in [0.1, 0.15) is 2.85 Å². The van der Waals surface area contributed by atoms with Crippen LogP contribution in [0, 0.1) is 0 Å². The molecular weight excluding hydrogens is 152 g/mol. The maximum Gasteiger partial charge on any atom is 2.00 e. The van der Waals surface area contributed by atoms with E-state index in [1.807, 2.05) is 0 Å². The fourth-order valence-corrected chi connectivity index (χ4v) is 0.488. The molecule has 2 N–H and O–H groups in total. The van der Waals surface area contributed by atoms with Gasteiger partial charge in [0.1, 0.15) is 0 Å². The number of aliphatic carboxylic acids is 2. The topological polar surface area (TPSA) is 87.1 Å². The second kappa shape index (κ2) is 3.17. The van der Waals surface area contributed by atoms with Crippen LogP contribution in [0.2, 0.25) is 0 Å². The van der Waals surface area contributed by atoms with E-state index in [0.717, 1.165) is 0 Å². The van der Waals surface area contributed by atoms with Crippen LogP contribution in [0.15, 0.2) is 0 Å². The molecule has 2 unspecified atom stereocenters. The summed E-state index contributed by atoms with van der Waals surface area (Å²) in [6, 6.07) is 0. The molecule has 1 heterocycles. The first-order valence-corrected chi connectivity index (χ1v) is 2.24. The van der Waals surface area contributed by atoms with Crippen LogP contribution in [-0.4, -0.2) is 57.4 Å². The van der Waals surface area contributed by atoms with Crippen molar-refractivity contribution in [1.82, 2.24) is 0 Å². The number of hydrogen-bond acceptors (Lipinski definition) is 3. The van der Waals surface area contributed by atoms with E-state index in [4.69, 9.17) is 10.2 Å². The summed E-state index contributed by atoms with van der Waals surface area (Å²) >= 11 is 0. The van der Waals surface area contributed by atoms with E-state index in [1.165, 1.54) is 0 Å². The largest absolute Gasteiger partial charge is 2.00 e. The van der Waals surface area contributed by atoms with Crippen molar-refractivity contribution >= 4 is 35.0 Å². The third-order valence-corrected chi connectivity index (χ3v) is 0.978. The number of rotatable bonds is 2. The Balaban J connectivity index is -0.000000270. The van der Waals surface area contributed by atoms with Crippen molar-refractivity contribution in [3.63, 3.8) is 0 Å². The van der Waals surface area contributed by atoms with Crippen LogP contribution in [0.5, 0.6) is 0 Å². The van der Waals surface area contributed by atoms with Gasteiger partial charge in [-0.25, -0.2) is 9.59 Å². The first-order valence-electron chi connectivity index (χ1n) is 2.24. The zero-order valence-electron chi connectivity index (χ0n) is 6.98. The molecule has 0 aromatic heterocycles. The van der Waals surface area contributed by atoms with Gasteiger partial charge in [0.15, 0.2) is 12.2 Å². The summed E-state index contributed by atoms with van der Waals surface area (Å²) < 4.78 is 4.24. The Kier molecular flexibility index (Phi) is 3.07. The molecule has 6 heteroatoms. The van der Waals surface area contributed by atoms with E-state index in [0.29, 0.717) is 0 Å². The molecule has 1 aliphatic rings. The van der Waals surface area contributed by atoms with Crippen molar-refractivity contribution in [2.45, 2.75) is 12.2 Å². The smallest absolute Gasteiger partial charge is 1.00 e. The standard InChI is InChI=1S/C4H4O5.Mg.2H/c5-3(6)1-2(9-1)4(7)8;;;/h1-2H,(H,5,6)(H,7,8);;;/q;+2;2*-1. The first kappa shape index (κ1) is 9.67. The molecule has 0 aliphatic carbocycles. The zero-order chi connectivity index (χ0) is 7.02. The van der Waals surface area contributed by atoms with E-state index >= 15 is 0 Å². The Bertz CT molecular complexity index is 157. The van der Waals surface area contributed by atoms with Gasteiger partial charge >= 0.3 is 35.0 Å². The molecule has 1 fully saturated rings. The Labute approximate surface area is 75.1 Å². The van der Waals surface area contributed by atoms with Gasteiger partial charge in [-0.3, -0.25) is 0 Å². The molecular formula is C4H6MgO5. The van der Waals surface area contributed by atoms with Crippen LogP contribution < -0.4 is 0 Å². The summed E-state index contributed by atoms with van der Waals surface area (Å²) in [7, 11) is 0.